The average molecular weight is 454 g/mol. The van der Waals surface area contributed by atoms with Crippen LogP contribution in [-0.4, -0.2) is 11.5 Å². The maximum absolute atomic E-state index is 14.9. The largest absolute Gasteiger partial charge is 0.384 e. The topological polar surface area (TPSA) is 70.1 Å². The van der Waals surface area contributed by atoms with Gasteiger partial charge in [-0.15, -0.1) is 23.1 Å². The number of nitrogens with zero attached hydrogens (tertiary/aromatic N) is 2. The number of carbonyl (C=O) groups is 1. The summed E-state index contributed by atoms with van der Waals surface area (Å²) in [6.07, 6.45) is 0.950. The van der Waals surface area contributed by atoms with E-state index in [1.165, 1.54) is 6.07 Å². The maximum Gasteiger partial charge on any atom is 0.162 e. The Labute approximate surface area is 190 Å². The molecule has 1 aliphatic carbocycles. The summed E-state index contributed by atoms with van der Waals surface area (Å²) in [5, 5.41) is 12.1. The number of benzene rings is 1. The number of rotatable bonds is 4. The highest BCUT2D eigenvalue weighted by Crippen LogP contribution is 2.52. The minimum absolute atomic E-state index is 0.00325. The van der Waals surface area contributed by atoms with Crippen molar-refractivity contribution < 1.29 is 9.18 Å². The van der Waals surface area contributed by atoms with Crippen LogP contribution in [0.1, 0.15) is 45.1 Å². The molecular weight excluding hydrogens is 429 g/mol. The molecule has 4 nitrogen and oxygen atoms in total. The highest BCUT2D eigenvalue weighted by molar-refractivity contribution is 8.01. The molecule has 2 N–H and O–H groups in total. The van der Waals surface area contributed by atoms with E-state index >= 15 is 0 Å². The zero-order valence-corrected chi connectivity index (χ0v) is 19.4. The van der Waals surface area contributed by atoms with Gasteiger partial charge in [-0.1, -0.05) is 32.9 Å². The predicted octanol–water partition coefficient (Wildman–Crippen LogP) is 5.94. The molecule has 0 spiro atoms. The van der Waals surface area contributed by atoms with Crippen LogP contribution in [0, 0.1) is 22.6 Å². The van der Waals surface area contributed by atoms with Crippen molar-refractivity contribution in [2.24, 2.45) is 11.1 Å². The van der Waals surface area contributed by atoms with Crippen LogP contribution in [-0.2, 0) is 4.79 Å². The van der Waals surface area contributed by atoms with Crippen molar-refractivity contribution in [3.8, 4) is 6.07 Å². The van der Waals surface area contributed by atoms with Crippen LogP contribution in [0.15, 0.2) is 62.6 Å². The Kier molecular flexibility index (Phi) is 5.71. The van der Waals surface area contributed by atoms with Crippen molar-refractivity contribution in [3.05, 3.63) is 69.8 Å². The first kappa shape index (κ1) is 21.7. The SMILES string of the molecule is CCSc1sccc1[C@@H]1C(C#N)=C(N)N(c2ccccc2F)C2=C1C(=O)CC(C)(C)C2. The van der Waals surface area contributed by atoms with Gasteiger partial charge in [0.1, 0.15) is 11.6 Å². The van der Waals surface area contributed by atoms with Gasteiger partial charge in [-0.05, 0) is 46.7 Å². The Bertz CT molecular complexity index is 1160. The molecule has 0 amide bonds. The van der Waals surface area contributed by atoms with E-state index < -0.39 is 11.7 Å². The Balaban J connectivity index is 2.01. The summed E-state index contributed by atoms with van der Waals surface area (Å²) < 4.78 is 15.9. The third-order valence-electron chi connectivity index (χ3n) is 5.72. The van der Waals surface area contributed by atoms with Gasteiger partial charge in [-0.2, -0.15) is 5.26 Å². The number of anilines is 1. The standard InChI is InChI=1S/C24H24FN3OS2/c1-4-30-23-14(9-10-31-23)20-15(13-26)22(27)28(17-8-6-5-7-16(17)25)18-11-24(2,3)12-19(29)21(18)20/h5-10,20H,4,11-12,27H2,1-3H3/t20-/m1/s1. The molecule has 0 radical (unpaired) electrons. The van der Waals surface area contributed by atoms with Crippen LogP contribution in [0.25, 0.3) is 0 Å². The molecular formula is C24H24FN3OS2. The minimum atomic E-state index is -0.521. The van der Waals surface area contributed by atoms with Gasteiger partial charge in [0.2, 0.25) is 0 Å². The Hall–Kier alpha value is -2.56. The number of hydrogen-bond donors (Lipinski definition) is 1. The second-order valence-corrected chi connectivity index (χ2v) is 11.0. The van der Waals surface area contributed by atoms with E-state index in [1.54, 1.807) is 46.2 Å². The van der Waals surface area contributed by atoms with Crippen LogP contribution < -0.4 is 10.6 Å². The van der Waals surface area contributed by atoms with Crippen LogP contribution in [0.3, 0.4) is 0 Å². The maximum atomic E-state index is 14.9. The lowest BCUT2D eigenvalue weighted by atomic mass is 9.69. The number of nitrogens with two attached hydrogens (primary N) is 1. The lowest BCUT2D eigenvalue weighted by molar-refractivity contribution is -0.118. The summed E-state index contributed by atoms with van der Waals surface area (Å²) in [6.45, 7) is 6.14. The molecule has 0 unspecified atom stereocenters. The number of para-hydroxylation sites is 1. The van der Waals surface area contributed by atoms with Crippen LogP contribution in [0.4, 0.5) is 10.1 Å². The van der Waals surface area contributed by atoms with Gasteiger partial charge in [0.05, 0.1) is 27.5 Å². The first-order valence-corrected chi connectivity index (χ1v) is 12.1. The van der Waals surface area contributed by atoms with Crippen molar-refractivity contribution in [2.45, 2.75) is 43.7 Å². The van der Waals surface area contributed by atoms with Gasteiger partial charge < -0.3 is 5.73 Å². The Morgan fingerprint density at radius 2 is 2.06 bits per heavy atom. The molecule has 1 aromatic carbocycles. The molecule has 2 aromatic rings. The number of carbonyl (C=O) groups excluding carboxylic acids is 1. The van der Waals surface area contributed by atoms with E-state index in [2.05, 4.69) is 13.0 Å². The van der Waals surface area contributed by atoms with E-state index in [4.69, 9.17) is 5.73 Å². The van der Waals surface area contributed by atoms with Crippen LogP contribution >= 0.6 is 23.1 Å². The van der Waals surface area contributed by atoms with E-state index in [1.807, 2.05) is 25.3 Å². The number of Topliss-reactive ketones (excluding diaryl/α,β-unsaturated/α-hetero) is 1. The van der Waals surface area contributed by atoms with Gasteiger partial charge in [-0.25, -0.2) is 4.39 Å². The second-order valence-electron chi connectivity index (χ2n) is 8.53. The van der Waals surface area contributed by atoms with E-state index in [9.17, 15) is 14.4 Å². The molecule has 2 aliphatic rings. The molecule has 2 heterocycles. The predicted molar refractivity (Wildman–Crippen MR) is 124 cm³/mol. The first-order valence-electron chi connectivity index (χ1n) is 10.2. The molecule has 0 saturated heterocycles. The summed E-state index contributed by atoms with van der Waals surface area (Å²) in [7, 11) is 0. The Morgan fingerprint density at radius 1 is 1.32 bits per heavy atom. The lowest BCUT2D eigenvalue weighted by Crippen LogP contribution is -2.42. The number of ketones is 1. The monoisotopic (exact) mass is 453 g/mol. The van der Waals surface area contributed by atoms with Gasteiger partial charge in [0, 0.05) is 17.7 Å². The molecule has 31 heavy (non-hydrogen) atoms. The molecule has 4 rings (SSSR count). The number of nitriles is 1. The summed E-state index contributed by atoms with van der Waals surface area (Å²) in [5.74, 6) is 0.112. The van der Waals surface area contributed by atoms with Gasteiger partial charge in [0.15, 0.2) is 5.78 Å². The number of thioether (sulfide) groups is 1. The van der Waals surface area contributed by atoms with Crippen molar-refractivity contribution in [1.29, 1.82) is 5.26 Å². The fourth-order valence-corrected chi connectivity index (χ4v) is 6.56. The van der Waals surface area contributed by atoms with Gasteiger partial charge >= 0.3 is 0 Å². The number of halogens is 1. The van der Waals surface area contributed by atoms with Crippen molar-refractivity contribution >= 4 is 34.6 Å². The highest BCUT2D eigenvalue weighted by atomic mass is 32.2. The minimum Gasteiger partial charge on any atom is -0.384 e. The van der Waals surface area contributed by atoms with Crippen molar-refractivity contribution in [3.63, 3.8) is 0 Å². The molecule has 0 fully saturated rings. The molecule has 1 aliphatic heterocycles. The average Bonchev–Trinajstić information content (AvgIpc) is 3.15. The summed E-state index contributed by atoms with van der Waals surface area (Å²) >= 11 is 3.30. The third-order valence-corrected chi connectivity index (χ3v) is 7.87. The van der Waals surface area contributed by atoms with Gasteiger partial charge in [-0.3, -0.25) is 9.69 Å². The molecule has 0 saturated carbocycles. The molecule has 1 atom stereocenters. The normalized spacial score (nSPS) is 20.7. The Morgan fingerprint density at radius 3 is 2.74 bits per heavy atom. The zero-order chi connectivity index (χ0) is 22.3. The van der Waals surface area contributed by atoms with Crippen molar-refractivity contribution in [2.75, 3.05) is 10.7 Å². The quantitative estimate of drug-likeness (QED) is 0.580. The highest BCUT2D eigenvalue weighted by Gasteiger charge is 2.45. The van der Waals surface area contributed by atoms with E-state index in [-0.39, 0.29) is 22.7 Å². The molecule has 7 heteroatoms. The van der Waals surface area contributed by atoms with E-state index in [0.717, 1.165) is 15.5 Å². The summed E-state index contributed by atoms with van der Waals surface area (Å²) in [4.78, 5) is 15.1. The fraction of sp³-hybridized carbons (Fsp3) is 0.333. The first-order chi connectivity index (χ1) is 14.8. The smallest absolute Gasteiger partial charge is 0.162 e. The van der Waals surface area contributed by atoms with Gasteiger partial charge in [0.25, 0.3) is 0 Å². The van der Waals surface area contributed by atoms with Crippen LogP contribution in [0.2, 0.25) is 0 Å². The number of thiophene rings is 1. The zero-order valence-electron chi connectivity index (χ0n) is 17.7. The molecule has 1 aromatic heterocycles. The lowest BCUT2D eigenvalue weighted by Gasteiger charge is -2.43. The third kappa shape index (κ3) is 3.68. The van der Waals surface area contributed by atoms with Crippen molar-refractivity contribution in [1.82, 2.24) is 0 Å². The molecule has 0 bridgehead atoms. The summed E-state index contributed by atoms with van der Waals surface area (Å²) in [5.41, 5.74) is 9.04. The van der Waals surface area contributed by atoms with E-state index in [0.29, 0.717) is 29.7 Å². The fourth-order valence-electron chi connectivity index (χ4n) is 4.50. The second kappa shape index (κ2) is 8.18. The number of allylic oxidation sites excluding steroid dienone is 3. The molecule has 160 valence electrons. The van der Waals surface area contributed by atoms with Crippen LogP contribution in [0.5, 0.6) is 0 Å². The summed E-state index contributed by atoms with van der Waals surface area (Å²) in [6, 6.07) is 10.6. The number of hydrogen-bond acceptors (Lipinski definition) is 6.